The molecule has 0 N–H and O–H groups in total. The highest BCUT2D eigenvalue weighted by molar-refractivity contribution is 7.93. The Morgan fingerprint density at radius 2 is 1.87 bits per heavy atom. The summed E-state index contributed by atoms with van der Waals surface area (Å²) >= 11 is 6.13. The summed E-state index contributed by atoms with van der Waals surface area (Å²) in [5.74, 6) is 0.241. The molecular formula is C21H14ClN5O3S. The van der Waals surface area contributed by atoms with Crippen molar-refractivity contribution in [2.24, 2.45) is 0 Å². The molecule has 0 aliphatic carbocycles. The second-order valence-corrected chi connectivity index (χ2v) is 8.53. The van der Waals surface area contributed by atoms with Crippen molar-refractivity contribution in [3.05, 3.63) is 78.0 Å². The van der Waals surface area contributed by atoms with E-state index in [4.69, 9.17) is 16.3 Å². The summed E-state index contributed by atoms with van der Waals surface area (Å²) < 4.78 is 34.0. The lowest BCUT2D eigenvalue weighted by Crippen LogP contribution is -2.27. The molecule has 31 heavy (non-hydrogen) atoms. The molecule has 0 radical (unpaired) electrons. The molecule has 2 aromatic carbocycles. The summed E-state index contributed by atoms with van der Waals surface area (Å²) in [4.78, 5) is 12.1. The third kappa shape index (κ3) is 3.74. The number of pyridine rings is 1. The summed E-state index contributed by atoms with van der Waals surface area (Å²) in [6.07, 6.45) is 5.89. The van der Waals surface area contributed by atoms with E-state index in [0.29, 0.717) is 5.39 Å². The first-order chi connectivity index (χ1) is 15.0. The van der Waals surface area contributed by atoms with Gasteiger partial charge in [-0.2, -0.15) is 5.26 Å². The maximum atomic E-state index is 13.8. The molecule has 0 fully saturated rings. The largest absolute Gasteiger partial charge is 0.494 e. The first-order valence-electron chi connectivity index (χ1n) is 8.88. The number of fused-ring (bicyclic) bond motifs is 1. The lowest BCUT2D eigenvalue weighted by atomic mass is 10.2. The maximum absolute atomic E-state index is 13.8. The van der Waals surface area contributed by atoms with E-state index in [0.717, 1.165) is 9.69 Å². The summed E-state index contributed by atoms with van der Waals surface area (Å²) in [5, 5.41) is 11.1. The molecule has 10 heteroatoms. The van der Waals surface area contributed by atoms with E-state index in [-0.39, 0.29) is 32.7 Å². The van der Waals surface area contributed by atoms with Gasteiger partial charge in [-0.15, -0.1) is 0 Å². The van der Waals surface area contributed by atoms with E-state index in [1.807, 2.05) is 6.07 Å². The van der Waals surface area contributed by atoms with Gasteiger partial charge in [0.1, 0.15) is 23.8 Å². The lowest BCUT2D eigenvalue weighted by molar-refractivity contribution is 0.416. The van der Waals surface area contributed by atoms with Gasteiger partial charge in [0.2, 0.25) is 0 Å². The molecule has 0 amide bonds. The molecule has 154 valence electrons. The average Bonchev–Trinajstić information content (AvgIpc) is 2.80. The van der Waals surface area contributed by atoms with Crippen LogP contribution in [-0.2, 0) is 10.0 Å². The Morgan fingerprint density at radius 1 is 1.06 bits per heavy atom. The smallest absolute Gasteiger partial charge is 0.270 e. The zero-order valence-electron chi connectivity index (χ0n) is 16.1. The van der Waals surface area contributed by atoms with Crippen molar-refractivity contribution in [1.82, 2.24) is 15.0 Å². The predicted octanol–water partition coefficient (Wildman–Crippen LogP) is 4.09. The SMILES string of the molecule is COc1cc(Cl)c(C#N)cc1N(c1ccncn1)S(=O)(=O)c1ccc2cnccc2c1. The van der Waals surface area contributed by atoms with Crippen LogP contribution in [0.15, 0.2) is 72.3 Å². The van der Waals surface area contributed by atoms with Crippen molar-refractivity contribution in [3.63, 3.8) is 0 Å². The van der Waals surface area contributed by atoms with Gasteiger partial charge in [-0.25, -0.2) is 22.7 Å². The number of ether oxygens (including phenoxy) is 1. The Morgan fingerprint density at radius 3 is 2.58 bits per heavy atom. The molecule has 8 nitrogen and oxygen atoms in total. The quantitative estimate of drug-likeness (QED) is 0.449. The van der Waals surface area contributed by atoms with Gasteiger partial charge in [0.15, 0.2) is 5.82 Å². The Hall–Kier alpha value is -3.74. The van der Waals surface area contributed by atoms with Gasteiger partial charge in [-0.3, -0.25) is 4.98 Å². The van der Waals surface area contributed by atoms with Gasteiger partial charge in [0.25, 0.3) is 10.0 Å². The minimum atomic E-state index is -4.18. The summed E-state index contributed by atoms with van der Waals surface area (Å²) in [7, 11) is -2.79. The third-order valence-electron chi connectivity index (χ3n) is 4.53. The van der Waals surface area contributed by atoms with E-state index >= 15 is 0 Å². The summed E-state index contributed by atoms with van der Waals surface area (Å²) in [5.41, 5.74) is 0.188. The fourth-order valence-electron chi connectivity index (χ4n) is 3.06. The van der Waals surface area contributed by atoms with Gasteiger partial charge in [0, 0.05) is 36.1 Å². The van der Waals surface area contributed by atoms with Crippen molar-refractivity contribution < 1.29 is 13.2 Å². The number of aromatic nitrogens is 3. The van der Waals surface area contributed by atoms with Crippen molar-refractivity contribution in [2.75, 3.05) is 11.4 Å². The van der Waals surface area contributed by atoms with Crippen LogP contribution < -0.4 is 9.04 Å². The lowest BCUT2D eigenvalue weighted by Gasteiger charge is -2.25. The Kier molecular flexibility index (Phi) is 5.42. The zero-order valence-corrected chi connectivity index (χ0v) is 17.7. The molecule has 0 saturated carbocycles. The number of methoxy groups -OCH3 is 1. The third-order valence-corrected chi connectivity index (χ3v) is 6.56. The number of rotatable bonds is 5. The van der Waals surface area contributed by atoms with E-state index in [9.17, 15) is 13.7 Å². The number of nitrogens with zero attached hydrogens (tertiary/aromatic N) is 5. The average molecular weight is 452 g/mol. The van der Waals surface area contributed by atoms with E-state index < -0.39 is 10.0 Å². The zero-order chi connectivity index (χ0) is 22.0. The van der Waals surface area contributed by atoms with Crippen molar-refractivity contribution in [2.45, 2.75) is 4.90 Å². The van der Waals surface area contributed by atoms with Gasteiger partial charge in [-0.1, -0.05) is 17.7 Å². The molecular weight excluding hydrogens is 438 g/mol. The highest BCUT2D eigenvalue weighted by Crippen LogP contribution is 2.40. The second kappa shape index (κ2) is 8.18. The van der Waals surface area contributed by atoms with Crippen LogP contribution in [0.25, 0.3) is 10.8 Å². The predicted molar refractivity (Wildman–Crippen MR) is 116 cm³/mol. The van der Waals surface area contributed by atoms with Gasteiger partial charge >= 0.3 is 0 Å². The molecule has 0 spiro atoms. The van der Waals surface area contributed by atoms with Gasteiger partial charge in [0.05, 0.1) is 22.6 Å². The minimum absolute atomic E-state index is 0.0281. The van der Waals surface area contributed by atoms with Gasteiger partial charge < -0.3 is 4.74 Å². The molecule has 0 atom stereocenters. The second-order valence-electron chi connectivity index (χ2n) is 6.34. The topological polar surface area (TPSA) is 109 Å². The molecule has 2 heterocycles. The fraction of sp³-hybridized carbons (Fsp3) is 0.0476. The number of anilines is 2. The first kappa shape index (κ1) is 20.5. The van der Waals surface area contributed by atoms with E-state index in [1.54, 1.807) is 30.6 Å². The van der Waals surface area contributed by atoms with Crippen molar-refractivity contribution in [3.8, 4) is 11.8 Å². The van der Waals surface area contributed by atoms with Crippen LogP contribution in [0.3, 0.4) is 0 Å². The normalized spacial score (nSPS) is 11.1. The van der Waals surface area contributed by atoms with Crippen molar-refractivity contribution in [1.29, 1.82) is 5.26 Å². The molecule has 0 aliphatic heterocycles. The fourth-order valence-corrected chi connectivity index (χ4v) is 4.74. The van der Waals surface area contributed by atoms with Crippen LogP contribution in [0.5, 0.6) is 5.75 Å². The van der Waals surface area contributed by atoms with Crippen LogP contribution in [-0.4, -0.2) is 30.5 Å². The highest BCUT2D eigenvalue weighted by atomic mass is 35.5. The summed E-state index contributed by atoms with van der Waals surface area (Å²) in [6, 6.07) is 12.6. The standard InChI is InChI=1S/C21H14ClN5O3S/c1-30-20-10-18(22)16(11-23)9-19(20)27(21-5-7-25-13-26-21)31(28,29)17-3-2-15-12-24-6-4-14(15)8-17/h2-10,12-13H,1H3. The minimum Gasteiger partial charge on any atom is -0.494 e. The summed E-state index contributed by atoms with van der Waals surface area (Å²) in [6.45, 7) is 0. The highest BCUT2D eigenvalue weighted by Gasteiger charge is 2.31. The van der Waals surface area contributed by atoms with Crippen molar-refractivity contribution >= 4 is 43.9 Å². The van der Waals surface area contributed by atoms with Gasteiger partial charge in [-0.05, 0) is 29.7 Å². The Labute approximate surface area is 183 Å². The Bertz CT molecular complexity index is 1420. The Balaban J connectivity index is 1.99. The number of hydrogen-bond acceptors (Lipinski definition) is 7. The monoisotopic (exact) mass is 451 g/mol. The van der Waals surface area contributed by atoms with Crippen LogP contribution in [0.1, 0.15) is 5.56 Å². The molecule has 0 aliphatic rings. The molecule has 4 aromatic rings. The van der Waals surface area contributed by atoms with Crippen LogP contribution in [0.4, 0.5) is 11.5 Å². The van der Waals surface area contributed by atoms with E-state index in [1.165, 1.54) is 43.9 Å². The first-order valence-corrected chi connectivity index (χ1v) is 10.7. The number of sulfonamides is 1. The van der Waals surface area contributed by atoms with Crippen LogP contribution in [0, 0.1) is 11.3 Å². The maximum Gasteiger partial charge on any atom is 0.270 e. The molecule has 0 unspecified atom stereocenters. The number of benzene rings is 2. The number of hydrogen-bond donors (Lipinski definition) is 0. The molecule has 0 bridgehead atoms. The van der Waals surface area contributed by atoms with Crippen LogP contribution >= 0.6 is 11.6 Å². The molecule has 0 saturated heterocycles. The number of halogens is 1. The molecule has 4 rings (SSSR count). The van der Waals surface area contributed by atoms with E-state index in [2.05, 4.69) is 15.0 Å². The molecule has 2 aromatic heterocycles. The number of nitriles is 1. The van der Waals surface area contributed by atoms with Crippen LogP contribution in [0.2, 0.25) is 5.02 Å².